The number of rotatable bonds is 13. The first-order valence-corrected chi connectivity index (χ1v) is 10.9. The number of hydrogen-bond donors (Lipinski definition) is 1. The van der Waals surface area contributed by atoms with Gasteiger partial charge in [-0.2, -0.15) is 0 Å². The van der Waals surface area contributed by atoms with E-state index in [1.807, 2.05) is 18.9 Å². The van der Waals surface area contributed by atoms with Crippen LogP contribution in [0.4, 0.5) is 0 Å². The Bertz CT molecular complexity index is 504. The first-order chi connectivity index (χ1) is 12.9. The minimum atomic E-state index is -0.299. The van der Waals surface area contributed by atoms with Gasteiger partial charge in [0, 0.05) is 18.8 Å². The summed E-state index contributed by atoms with van der Waals surface area (Å²) in [6, 6.07) is 0.0950. The normalized spacial score (nSPS) is 17.0. The van der Waals surface area contributed by atoms with Gasteiger partial charge in [0.2, 0.25) is 5.91 Å². The quantitative estimate of drug-likeness (QED) is 0.451. The maximum absolute atomic E-state index is 13.2. The largest absolute Gasteiger partial charge is 0.376 e. The number of amides is 1. The molecule has 0 aromatic heterocycles. The molecule has 0 saturated heterocycles. The van der Waals surface area contributed by atoms with Crippen LogP contribution in [0.5, 0.6) is 0 Å². The molecule has 0 aromatic rings. The zero-order valence-electron chi connectivity index (χ0n) is 20.3. The monoisotopic (exact) mass is 393 g/mol. The molecule has 4 heteroatoms. The van der Waals surface area contributed by atoms with Crippen LogP contribution in [0.2, 0.25) is 0 Å². The molecule has 0 radical (unpaired) electrons. The molecule has 164 valence electrons. The fourth-order valence-corrected chi connectivity index (χ4v) is 4.47. The molecule has 28 heavy (non-hydrogen) atoms. The minimum absolute atomic E-state index is 0.127. The summed E-state index contributed by atoms with van der Waals surface area (Å²) in [6.07, 6.45) is 3.01. The van der Waals surface area contributed by atoms with E-state index >= 15 is 0 Å². The average molecular weight is 394 g/mol. The van der Waals surface area contributed by atoms with Crippen molar-refractivity contribution < 1.29 is 4.79 Å². The molecule has 0 saturated carbocycles. The SMILES string of the molecule is C=C(CC)CC(C)C(C(C)CC)N(C)C(=O)[C@H](C)NC(=C)C(C(C)C)N(C)C. The van der Waals surface area contributed by atoms with Gasteiger partial charge in [-0.15, -0.1) is 0 Å². The van der Waals surface area contributed by atoms with E-state index in [1.165, 1.54) is 5.57 Å². The lowest BCUT2D eigenvalue weighted by Gasteiger charge is -2.39. The van der Waals surface area contributed by atoms with Gasteiger partial charge in [0.25, 0.3) is 0 Å². The minimum Gasteiger partial charge on any atom is -0.376 e. The van der Waals surface area contributed by atoms with Crippen molar-refractivity contribution in [2.24, 2.45) is 17.8 Å². The molecule has 0 aliphatic rings. The molecule has 0 aromatic carbocycles. The van der Waals surface area contributed by atoms with E-state index in [1.54, 1.807) is 0 Å². The maximum Gasteiger partial charge on any atom is 0.244 e. The fourth-order valence-electron chi connectivity index (χ4n) is 4.47. The Morgan fingerprint density at radius 3 is 1.89 bits per heavy atom. The number of allylic oxidation sites excluding steroid dienone is 1. The van der Waals surface area contributed by atoms with Gasteiger partial charge >= 0.3 is 0 Å². The molecule has 0 aliphatic carbocycles. The lowest BCUT2D eigenvalue weighted by molar-refractivity contribution is -0.135. The highest BCUT2D eigenvalue weighted by Gasteiger charge is 2.32. The third-order valence-corrected chi connectivity index (χ3v) is 6.03. The first-order valence-electron chi connectivity index (χ1n) is 10.9. The topological polar surface area (TPSA) is 35.6 Å². The van der Waals surface area contributed by atoms with Crippen LogP contribution < -0.4 is 5.32 Å². The molecular weight excluding hydrogens is 346 g/mol. The van der Waals surface area contributed by atoms with Gasteiger partial charge in [-0.05, 0) is 51.6 Å². The Morgan fingerprint density at radius 1 is 0.964 bits per heavy atom. The standard InChI is InChI=1S/C24H47N3O/c1-13-17(5)15-19(7)23(18(6)14-2)27(12)24(28)21(9)25-20(8)22(16(3)4)26(10)11/h16,18-19,21-23,25H,5,8,13-15H2,1-4,6-7,9-12H3/t18?,19?,21-,22?,23?/m0/s1. The molecule has 4 unspecified atom stereocenters. The van der Waals surface area contributed by atoms with Crippen molar-refractivity contribution in [3.05, 3.63) is 24.4 Å². The third-order valence-electron chi connectivity index (χ3n) is 6.03. The summed E-state index contributed by atoms with van der Waals surface area (Å²) in [5.74, 6) is 1.37. The van der Waals surface area contributed by atoms with Crippen LogP contribution in [0.25, 0.3) is 0 Å². The van der Waals surface area contributed by atoms with E-state index in [2.05, 4.69) is 79.0 Å². The van der Waals surface area contributed by atoms with Crippen molar-refractivity contribution in [2.75, 3.05) is 21.1 Å². The highest BCUT2D eigenvalue weighted by molar-refractivity contribution is 5.81. The van der Waals surface area contributed by atoms with E-state index in [4.69, 9.17) is 0 Å². The zero-order valence-corrected chi connectivity index (χ0v) is 20.3. The van der Waals surface area contributed by atoms with Crippen LogP contribution in [0, 0.1) is 17.8 Å². The fraction of sp³-hybridized carbons (Fsp3) is 0.792. The maximum atomic E-state index is 13.2. The van der Waals surface area contributed by atoms with Crippen LogP contribution >= 0.6 is 0 Å². The second-order valence-corrected chi connectivity index (χ2v) is 9.15. The molecule has 0 bridgehead atoms. The summed E-state index contributed by atoms with van der Waals surface area (Å²) in [6.45, 7) is 23.6. The molecule has 0 heterocycles. The molecule has 0 aliphatic heterocycles. The summed E-state index contributed by atoms with van der Waals surface area (Å²) >= 11 is 0. The van der Waals surface area contributed by atoms with Gasteiger partial charge < -0.3 is 15.1 Å². The zero-order chi connectivity index (χ0) is 22.2. The van der Waals surface area contributed by atoms with Crippen molar-refractivity contribution in [3.63, 3.8) is 0 Å². The number of carbonyl (C=O) groups is 1. The molecule has 1 N–H and O–H groups in total. The van der Waals surface area contributed by atoms with Crippen LogP contribution in [-0.4, -0.2) is 55.0 Å². The number of hydrogen-bond acceptors (Lipinski definition) is 3. The Morgan fingerprint density at radius 2 is 1.50 bits per heavy atom. The summed E-state index contributed by atoms with van der Waals surface area (Å²) in [5.41, 5.74) is 2.16. The summed E-state index contributed by atoms with van der Waals surface area (Å²) in [4.78, 5) is 17.4. The molecule has 1 amide bonds. The van der Waals surface area contributed by atoms with Crippen LogP contribution in [0.3, 0.4) is 0 Å². The summed E-state index contributed by atoms with van der Waals surface area (Å²) in [5, 5.41) is 3.38. The Kier molecular flexibility index (Phi) is 11.7. The number of nitrogens with zero attached hydrogens (tertiary/aromatic N) is 2. The lowest BCUT2D eigenvalue weighted by Crippen LogP contribution is -2.52. The Balaban J connectivity index is 5.32. The van der Waals surface area contributed by atoms with Crippen LogP contribution in [0.1, 0.15) is 67.7 Å². The van der Waals surface area contributed by atoms with Gasteiger partial charge in [0.1, 0.15) is 6.04 Å². The molecular formula is C24H47N3O. The van der Waals surface area contributed by atoms with Gasteiger partial charge in [-0.3, -0.25) is 4.79 Å². The highest BCUT2D eigenvalue weighted by Crippen LogP contribution is 2.27. The molecule has 0 fully saturated rings. The summed E-state index contributed by atoms with van der Waals surface area (Å²) < 4.78 is 0. The first kappa shape index (κ1) is 26.7. The van der Waals surface area contributed by atoms with Crippen molar-refractivity contribution >= 4 is 5.91 Å². The van der Waals surface area contributed by atoms with Crippen molar-refractivity contribution in [3.8, 4) is 0 Å². The van der Waals surface area contributed by atoms with E-state index < -0.39 is 0 Å². The second kappa shape index (κ2) is 12.3. The number of carbonyl (C=O) groups excluding carboxylic acids is 1. The van der Waals surface area contributed by atoms with E-state index in [0.717, 1.165) is 25.0 Å². The van der Waals surface area contributed by atoms with Crippen molar-refractivity contribution in [1.29, 1.82) is 0 Å². The van der Waals surface area contributed by atoms with Gasteiger partial charge in [-0.25, -0.2) is 0 Å². The molecule has 0 rings (SSSR count). The smallest absolute Gasteiger partial charge is 0.244 e. The second-order valence-electron chi connectivity index (χ2n) is 9.15. The average Bonchev–Trinajstić information content (AvgIpc) is 2.59. The lowest BCUT2D eigenvalue weighted by atomic mass is 9.83. The van der Waals surface area contributed by atoms with Crippen molar-refractivity contribution in [2.45, 2.75) is 85.9 Å². The third kappa shape index (κ3) is 7.62. The van der Waals surface area contributed by atoms with E-state index in [0.29, 0.717) is 17.8 Å². The molecule has 4 nitrogen and oxygen atoms in total. The van der Waals surface area contributed by atoms with Crippen LogP contribution in [0.15, 0.2) is 24.4 Å². The van der Waals surface area contributed by atoms with E-state index in [9.17, 15) is 4.79 Å². The molecule has 0 spiro atoms. The summed E-state index contributed by atoms with van der Waals surface area (Å²) in [7, 11) is 6.06. The predicted molar refractivity (Wildman–Crippen MR) is 123 cm³/mol. The number of likely N-dealkylation sites (N-methyl/N-ethyl adjacent to an activating group) is 2. The van der Waals surface area contributed by atoms with Gasteiger partial charge in [-0.1, -0.05) is 66.7 Å². The Labute approximate surface area is 175 Å². The van der Waals surface area contributed by atoms with Gasteiger partial charge in [0.15, 0.2) is 0 Å². The van der Waals surface area contributed by atoms with Crippen molar-refractivity contribution in [1.82, 2.24) is 15.1 Å². The number of nitrogens with one attached hydrogen (secondary N) is 1. The predicted octanol–water partition coefficient (Wildman–Crippen LogP) is 4.93. The Hall–Kier alpha value is -1.29. The van der Waals surface area contributed by atoms with Gasteiger partial charge in [0.05, 0.1) is 6.04 Å². The van der Waals surface area contributed by atoms with E-state index in [-0.39, 0.29) is 24.0 Å². The van der Waals surface area contributed by atoms with Crippen LogP contribution in [-0.2, 0) is 4.79 Å². The highest BCUT2D eigenvalue weighted by atomic mass is 16.2. The molecule has 5 atom stereocenters.